The Kier molecular flexibility index (Phi) is 7.94. The van der Waals surface area contributed by atoms with Gasteiger partial charge in [0.2, 0.25) is 0 Å². The van der Waals surface area contributed by atoms with E-state index in [0.717, 1.165) is 18.3 Å². The van der Waals surface area contributed by atoms with Crippen LogP contribution in [0.2, 0.25) is 0 Å². The average Bonchev–Trinajstić information content (AvgIpc) is 3.01. The highest BCUT2D eigenvalue weighted by Gasteiger charge is 2.04. The van der Waals surface area contributed by atoms with Crippen molar-refractivity contribution in [3.8, 4) is 0 Å². The first kappa shape index (κ1) is 19.3. The van der Waals surface area contributed by atoms with Crippen LogP contribution in [0.1, 0.15) is 16.9 Å². The molecule has 0 amide bonds. The summed E-state index contributed by atoms with van der Waals surface area (Å²) in [6.45, 7) is 3.48. The van der Waals surface area contributed by atoms with Crippen LogP contribution in [0.15, 0.2) is 46.0 Å². The first-order valence-corrected chi connectivity index (χ1v) is 7.34. The first-order valence-electron chi connectivity index (χ1n) is 7.34. The third kappa shape index (κ3) is 5.78. The third-order valence-corrected chi connectivity index (χ3v) is 3.52. The number of guanidine groups is 1. The molecule has 0 saturated carbocycles. The van der Waals surface area contributed by atoms with E-state index in [-0.39, 0.29) is 24.0 Å². The highest BCUT2D eigenvalue weighted by Crippen LogP contribution is 2.17. The van der Waals surface area contributed by atoms with E-state index in [1.165, 1.54) is 16.8 Å². The number of furan rings is 1. The first-order chi connectivity index (χ1) is 10.6. The van der Waals surface area contributed by atoms with Crippen LogP contribution in [0.3, 0.4) is 0 Å². The minimum atomic E-state index is 0. The van der Waals surface area contributed by atoms with E-state index in [9.17, 15) is 0 Å². The molecule has 0 bridgehead atoms. The van der Waals surface area contributed by atoms with E-state index in [1.54, 1.807) is 13.3 Å². The van der Waals surface area contributed by atoms with E-state index >= 15 is 0 Å². The lowest BCUT2D eigenvalue weighted by Gasteiger charge is -2.16. The monoisotopic (exact) mass is 428 g/mol. The van der Waals surface area contributed by atoms with Gasteiger partial charge in [0, 0.05) is 33.4 Å². The molecule has 2 rings (SSSR count). The lowest BCUT2D eigenvalue weighted by atomic mass is 10.1. The fraction of sp³-hybridized carbons (Fsp3) is 0.353. The van der Waals surface area contributed by atoms with Crippen molar-refractivity contribution in [2.45, 2.75) is 20.0 Å². The molecule has 0 unspecified atom stereocenters. The molecular formula is C17H25IN4O. The molecule has 0 spiro atoms. The van der Waals surface area contributed by atoms with E-state index < -0.39 is 0 Å². The van der Waals surface area contributed by atoms with Gasteiger partial charge in [0.1, 0.15) is 5.76 Å². The van der Waals surface area contributed by atoms with E-state index in [4.69, 9.17) is 4.42 Å². The summed E-state index contributed by atoms with van der Waals surface area (Å²) in [6.07, 6.45) is 1.67. The summed E-state index contributed by atoms with van der Waals surface area (Å²) in [4.78, 5) is 6.33. The lowest BCUT2D eigenvalue weighted by Crippen LogP contribution is -2.36. The molecule has 0 aliphatic carbocycles. The van der Waals surface area contributed by atoms with Gasteiger partial charge in [0.15, 0.2) is 5.96 Å². The largest absolute Gasteiger partial charge is 0.467 e. The van der Waals surface area contributed by atoms with Gasteiger partial charge in [-0.25, -0.2) is 0 Å². The molecule has 0 aliphatic heterocycles. The predicted octanol–water partition coefficient (Wildman–Crippen LogP) is 3.14. The van der Waals surface area contributed by atoms with Crippen molar-refractivity contribution in [1.29, 1.82) is 0 Å². The number of nitrogens with zero attached hydrogens (tertiary/aromatic N) is 2. The summed E-state index contributed by atoms with van der Waals surface area (Å²) >= 11 is 0. The molecule has 0 saturated heterocycles. The van der Waals surface area contributed by atoms with Crippen LogP contribution in [0.4, 0.5) is 5.69 Å². The highest BCUT2D eigenvalue weighted by molar-refractivity contribution is 14.0. The second-order valence-corrected chi connectivity index (χ2v) is 5.36. The summed E-state index contributed by atoms with van der Waals surface area (Å²) in [6, 6.07) is 10.3. The molecule has 0 fully saturated rings. The third-order valence-electron chi connectivity index (χ3n) is 3.52. The standard InChI is InChI=1S/C17H24N4O.HI/c1-13-10-15(21(3)4)8-7-14(13)11-19-17(18-2)20-12-16-6-5-9-22-16;/h5-10H,11-12H2,1-4H3,(H2,18,19,20);1H. The molecule has 5 nitrogen and oxygen atoms in total. The Morgan fingerprint density at radius 3 is 2.48 bits per heavy atom. The fourth-order valence-corrected chi connectivity index (χ4v) is 2.14. The lowest BCUT2D eigenvalue weighted by molar-refractivity contribution is 0.501. The number of aryl methyl sites for hydroxylation is 1. The van der Waals surface area contributed by atoms with Gasteiger partial charge in [0.25, 0.3) is 0 Å². The summed E-state index contributed by atoms with van der Waals surface area (Å²) in [7, 11) is 5.86. The van der Waals surface area contributed by atoms with Crippen molar-refractivity contribution >= 4 is 35.6 Å². The minimum Gasteiger partial charge on any atom is -0.467 e. The number of halogens is 1. The zero-order chi connectivity index (χ0) is 15.9. The van der Waals surface area contributed by atoms with E-state index in [0.29, 0.717) is 6.54 Å². The van der Waals surface area contributed by atoms with Crippen LogP contribution in [-0.4, -0.2) is 27.1 Å². The second kappa shape index (κ2) is 9.44. The fourth-order valence-electron chi connectivity index (χ4n) is 2.14. The van der Waals surface area contributed by atoms with Gasteiger partial charge in [-0.1, -0.05) is 6.07 Å². The van der Waals surface area contributed by atoms with Gasteiger partial charge < -0.3 is 20.0 Å². The van der Waals surface area contributed by atoms with E-state index in [2.05, 4.69) is 45.6 Å². The van der Waals surface area contributed by atoms with Crippen molar-refractivity contribution in [3.63, 3.8) is 0 Å². The average molecular weight is 428 g/mol. The summed E-state index contributed by atoms with van der Waals surface area (Å²) in [5, 5.41) is 6.55. The Morgan fingerprint density at radius 1 is 1.17 bits per heavy atom. The summed E-state index contributed by atoms with van der Waals surface area (Å²) < 4.78 is 5.30. The van der Waals surface area contributed by atoms with Gasteiger partial charge in [-0.3, -0.25) is 4.99 Å². The summed E-state index contributed by atoms with van der Waals surface area (Å²) in [5.74, 6) is 1.64. The molecule has 6 heteroatoms. The predicted molar refractivity (Wildman–Crippen MR) is 107 cm³/mol. The minimum absolute atomic E-state index is 0. The zero-order valence-corrected chi connectivity index (χ0v) is 16.4. The number of hydrogen-bond donors (Lipinski definition) is 2. The Bertz CT molecular complexity index is 624. The van der Waals surface area contributed by atoms with Crippen molar-refractivity contribution in [1.82, 2.24) is 10.6 Å². The summed E-state index contributed by atoms with van der Waals surface area (Å²) in [5.41, 5.74) is 3.73. The molecule has 0 radical (unpaired) electrons. The molecule has 1 aromatic heterocycles. The van der Waals surface area contributed by atoms with Crippen LogP contribution >= 0.6 is 24.0 Å². The van der Waals surface area contributed by atoms with Crippen LogP contribution in [0.5, 0.6) is 0 Å². The Balaban J connectivity index is 0.00000264. The molecule has 126 valence electrons. The van der Waals surface area contributed by atoms with Crippen LogP contribution in [0, 0.1) is 6.92 Å². The molecule has 1 heterocycles. The number of aliphatic imine (C=N–C) groups is 1. The SMILES string of the molecule is CN=C(NCc1ccco1)NCc1ccc(N(C)C)cc1C.I. The second-order valence-electron chi connectivity index (χ2n) is 5.36. The maximum absolute atomic E-state index is 5.30. The molecular weight excluding hydrogens is 403 g/mol. The van der Waals surface area contributed by atoms with Gasteiger partial charge >= 0.3 is 0 Å². The van der Waals surface area contributed by atoms with Gasteiger partial charge in [-0.05, 0) is 42.3 Å². The van der Waals surface area contributed by atoms with Crippen LogP contribution in [-0.2, 0) is 13.1 Å². The van der Waals surface area contributed by atoms with Crippen LogP contribution in [0.25, 0.3) is 0 Å². The van der Waals surface area contributed by atoms with Gasteiger partial charge in [-0.15, -0.1) is 24.0 Å². The number of nitrogens with one attached hydrogen (secondary N) is 2. The van der Waals surface area contributed by atoms with Gasteiger partial charge in [0.05, 0.1) is 12.8 Å². The smallest absolute Gasteiger partial charge is 0.191 e. The van der Waals surface area contributed by atoms with E-state index in [1.807, 2.05) is 26.2 Å². The molecule has 2 N–H and O–H groups in total. The maximum atomic E-state index is 5.30. The Hall–Kier alpha value is -1.70. The number of benzene rings is 1. The molecule has 0 atom stereocenters. The normalized spacial score (nSPS) is 10.9. The molecule has 2 aromatic rings. The Morgan fingerprint density at radius 2 is 1.91 bits per heavy atom. The molecule has 0 aliphatic rings. The van der Waals surface area contributed by atoms with Crippen molar-refractivity contribution in [2.75, 3.05) is 26.0 Å². The van der Waals surface area contributed by atoms with Crippen LogP contribution < -0.4 is 15.5 Å². The molecule has 1 aromatic carbocycles. The molecule has 23 heavy (non-hydrogen) atoms. The topological polar surface area (TPSA) is 52.8 Å². The maximum Gasteiger partial charge on any atom is 0.191 e. The quantitative estimate of drug-likeness (QED) is 0.437. The number of hydrogen-bond acceptors (Lipinski definition) is 3. The zero-order valence-electron chi connectivity index (χ0n) is 14.1. The number of rotatable bonds is 5. The van der Waals surface area contributed by atoms with Gasteiger partial charge in [-0.2, -0.15) is 0 Å². The van der Waals surface area contributed by atoms with Crippen molar-refractivity contribution < 1.29 is 4.42 Å². The van der Waals surface area contributed by atoms with Crippen molar-refractivity contribution in [2.24, 2.45) is 4.99 Å². The number of anilines is 1. The highest BCUT2D eigenvalue weighted by atomic mass is 127. The Labute approximate surface area is 155 Å². The van der Waals surface area contributed by atoms with Crippen molar-refractivity contribution in [3.05, 3.63) is 53.5 Å².